The Hall–Kier alpha value is -2.93. The maximum atomic E-state index is 4.78. The zero-order valence-corrected chi connectivity index (χ0v) is 16.7. The summed E-state index contributed by atoms with van der Waals surface area (Å²) in [6.45, 7) is 2.93. The Morgan fingerprint density at radius 3 is 2.32 bits per heavy atom. The van der Waals surface area contributed by atoms with Crippen LogP contribution in [0.25, 0.3) is 11.1 Å². The number of nitrogens with zero attached hydrogens (tertiary/aromatic N) is 1. The molecule has 0 radical (unpaired) electrons. The van der Waals surface area contributed by atoms with Crippen LogP contribution in [-0.2, 0) is 6.42 Å². The van der Waals surface area contributed by atoms with Crippen LogP contribution in [0.3, 0.4) is 0 Å². The van der Waals surface area contributed by atoms with Gasteiger partial charge in [-0.05, 0) is 54.5 Å². The van der Waals surface area contributed by atoms with Crippen LogP contribution < -0.4 is 0 Å². The van der Waals surface area contributed by atoms with Gasteiger partial charge in [0.25, 0.3) is 0 Å². The summed E-state index contributed by atoms with van der Waals surface area (Å²) in [5, 5.41) is 0. The van der Waals surface area contributed by atoms with Crippen LogP contribution in [0.1, 0.15) is 31.7 Å². The van der Waals surface area contributed by atoms with Gasteiger partial charge >= 0.3 is 0 Å². The highest BCUT2D eigenvalue weighted by molar-refractivity contribution is 6.11. The Balaban J connectivity index is 1.41. The smallest absolute Gasteiger partial charge is 0.0646 e. The average molecular weight is 368 g/mol. The SMILES string of the molecule is C/C=C\C=C1\C=CC=CC1=NCCCCCc1ccc(-c2ccccc2)cc1. The molecule has 0 bridgehead atoms. The molecule has 0 saturated heterocycles. The number of benzene rings is 2. The molecule has 0 amide bonds. The van der Waals surface area contributed by atoms with Crippen LogP contribution in [0.5, 0.6) is 0 Å². The Kier molecular flexibility index (Phi) is 7.81. The van der Waals surface area contributed by atoms with Gasteiger partial charge in [-0.2, -0.15) is 0 Å². The van der Waals surface area contributed by atoms with E-state index >= 15 is 0 Å². The second-order valence-corrected chi connectivity index (χ2v) is 7.01. The summed E-state index contributed by atoms with van der Waals surface area (Å²) in [6, 6.07) is 19.6. The Morgan fingerprint density at radius 2 is 1.54 bits per heavy atom. The minimum atomic E-state index is 0.896. The molecule has 3 rings (SSSR count). The van der Waals surface area contributed by atoms with E-state index in [-0.39, 0.29) is 0 Å². The van der Waals surface area contributed by atoms with Gasteiger partial charge in [0.2, 0.25) is 0 Å². The molecule has 142 valence electrons. The van der Waals surface area contributed by atoms with Crippen molar-refractivity contribution in [3.63, 3.8) is 0 Å². The highest BCUT2D eigenvalue weighted by Crippen LogP contribution is 2.20. The van der Waals surface area contributed by atoms with Gasteiger partial charge < -0.3 is 0 Å². The lowest BCUT2D eigenvalue weighted by atomic mass is 10.0. The van der Waals surface area contributed by atoms with Crippen molar-refractivity contribution < 1.29 is 0 Å². The molecule has 0 saturated carbocycles. The molecule has 0 unspecified atom stereocenters. The van der Waals surface area contributed by atoms with E-state index in [4.69, 9.17) is 4.99 Å². The zero-order valence-electron chi connectivity index (χ0n) is 16.7. The first-order valence-electron chi connectivity index (χ1n) is 10.2. The molecule has 0 heterocycles. The molecule has 0 fully saturated rings. The largest absolute Gasteiger partial charge is 0.285 e. The normalized spacial score (nSPS) is 16.5. The van der Waals surface area contributed by atoms with Crippen LogP contribution in [0, 0.1) is 0 Å². The standard InChI is InChI=1S/C27H29N/c1-2-3-13-26-16-9-10-17-27(26)28-22-11-5-6-12-23-18-20-25(21-19-23)24-14-7-4-8-15-24/h2-4,7-10,13-21H,5-6,11-12,22H2,1H3/b3-2-,26-13-,28-27?. The number of allylic oxidation sites excluding steroid dienone is 8. The van der Waals surface area contributed by atoms with Gasteiger partial charge in [0.15, 0.2) is 0 Å². The molecule has 1 aliphatic rings. The molecule has 28 heavy (non-hydrogen) atoms. The summed E-state index contributed by atoms with van der Waals surface area (Å²) in [6.07, 6.45) is 19.3. The van der Waals surface area contributed by atoms with Gasteiger partial charge in [-0.15, -0.1) is 0 Å². The van der Waals surface area contributed by atoms with Crippen LogP contribution in [-0.4, -0.2) is 12.3 Å². The fraction of sp³-hybridized carbons (Fsp3) is 0.222. The molecule has 0 aliphatic heterocycles. The minimum absolute atomic E-state index is 0.896. The Labute approximate surface area is 169 Å². The van der Waals surface area contributed by atoms with Crippen molar-refractivity contribution in [2.75, 3.05) is 6.54 Å². The monoisotopic (exact) mass is 367 g/mol. The highest BCUT2D eigenvalue weighted by atomic mass is 14.7. The summed E-state index contributed by atoms with van der Waals surface area (Å²) < 4.78 is 0. The predicted molar refractivity (Wildman–Crippen MR) is 123 cm³/mol. The van der Waals surface area contributed by atoms with E-state index < -0.39 is 0 Å². The molecule has 0 spiro atoms. The Bertz CT molecular complexity index is 878. The van der Waals surface area contributed by atoms with E-state index in [2.05, 4.69) is 91.1 Å². The second kappa shape index (κ2) is 11.0. The fourth-order valence-electron chi connectivity index (χ4n) is 3.28. The van der Waals surface area contributed by atoms with Crippen LogP contribution in [0.2, 0.25) is 0 Å². The first kappa shape index (κ1) is 19.8. The average Bonchev–Trinajstić information content (AvgIpc) is 2.76. The van der Waals surface area contributed by atoms with Crippen molar-refractivity contribution in [1.82, 2.24) is 0 Å². The molecular weight excluding hydrogens is 338 g/mol. The lowest BCUT2D eigenvalue weighted by molar-refractivity contribution is 0.687. The minimum Gasteiger partial charge on any atom is -0.285 e. The third-order valence-electron chi connectivity index (χ3n) is 4.87. The number of unbranched alkanes of at least 4 members (excludes halogenated alkanes) is 2. The van der Waals surface area contributed by atoms with Gasteiger partial charge in [-0.1, -0.05) is 97.5 Å². The number of aliphatic imine (C=N–C) groups is 1. The molecule has 2 aromatic rings. The Morgan fingerprint density at radius 1 is 0.786 bits per heavy atom. The van der Waals surface area contributed by atoms with E-state index in [0.717, 1.165) is 25.1 Å². The number of rotatable bonds is 8. The van der Waals surface area contributed by atoms with Gasteiger partial charge in [0, 0.05) is 6.54 Å². The maximum absolute atomic E-state index is 4.78. The maximum Gasteiger partial charge on any atom is 0.0646 e. The molecule has 1 heteroatoms. The van der Waals surface area contributed by atoms with Crippen LogP contribution >= 0.6 is 0 Å². The summed E-state index contributed by atoms with van der Waals surface area (Å²) in [5.41, 5.74) is 6.28. The van der Waals surface area contributed by atoms with Crippen molar-refractivity contribution in [3.05, 3.63) is 108 Å². The molecule has 0 atom stereocenters. The number of hydrogen-bond donors (Lipinski definition) is 0. The molecule has 1 nitrogen and oxygen atoms in total. The third-order valence-corrected chi connectivity index (χ3v) is 4.87. The summed E-state index contributed by atoms with van der Waals surface area (Å²) in [7, 11) is 0. The van der Waals surface area contributed by atoms with Crippen molar-refractivity contribution in [2.24, 2.45) is 4.99 Å². The predicted octanol–water partition coefficient (Wildman–Crippen LogP) is 7.14. The van der Waals surface area contributed by atoms with E-state index in [0.29, 0.717) is 0 Å². The molecule has 0 aromatic heterocycles. The molecule has 1 aliphatic carbocycles. The zero-order chi connectivity index (χ0) is 19.4. The summed E-state index contributed by atoms with van der Waals surface area (Å²) in [4.78, 5) is 4.78. The van der Waals surface area contributed by atoms with E-state index in [1.54, 1.807) is 0 Å². The van der Waals surface area contributed by atoms with Crippen molar-refractivity contribution in [2.45, 2.75) is 32.6 Å². The highest BCUT2D eigenvalue weighted by Gasteiger charge is 2.02. The van der Waals surface area contributed by atoms with Crippen molar-refractivity contribution in [1.29, 1.82) is 0 Å². The number of aryl methyl sites for hydroxylation is 1. The number of hydrogen-bond acceptors (Lipinski definition) is 1. The van der Waals surface area contributed by atoms with E-state index in [1.807, 2.05) is 13.0 Å². The van der Waals surface area contributed by atoms with Gasteiger partial charge in [-0.3, -0.25) is 4.99 Å². The summed E-state index contributed by atoms with van der Waals surface area (Å²) >= 11 is 0. The fourth-order valence-corrected chi connectivity index (χ4v) is 3.28. The summed E-state index contributed by atoms with van der Waals surface area (Å²) in [5.74, 6) is 0. The van der Waals surface area contributed by atoms with Crippen molar-refractivity contribution >= 4 is 5.71 Å². The lowest BCUT2D eigenvalue weighted by Crippen LogP contribution is -2.01. The molecule has 2 aromatic carbocycles. The van der Waals surface area contributed by atoms with Gasteiger partial charge in [0.1, 0.15) is 0 Å². The van der Waals surface area contributed by atoms with Crippen molar-refractivity contribution in [3.8, 4) is 11.1 Å². The van der Waals surface area contributed by atoms with E-state index in [9.17, 15) is 0 Å². The lowest BCUT2D eigenvalue weighted by Gasteiger charge is -2.07. The van der Waals surface area contributed by atoms with Gasteiger partial charge in [0.05, 0.1) is 5.71 Å². The molecular formula is C27H29N. The first-order chi connectivity index (χ1) is 13.9. The van der Waals surface area contributed by atoms with Crippen LogP contribution in [0.15, 0.2) is 108 Å². The second-order valence-electron chi connectivity index (χ2n) is 7.01. The quantitative estimate of drug-likeness (QED) is 0.440. The topological polar surface area (TPSA) is 12.4 Å². The van der Waals surface area contributed by atoms with E-state index in [1.165, 1.54) is 35.1 Å². The third kappa shape index (κ3) is 6.06. The van der Waals surface area contributed by atoms with Gasteiger partial charge in [-0.25, -0.2) is 0 Å². The first-order valence-corrected chi connectivity index (χ1v) is 10.2. The van der Waals surface area contributed by atoms with Crippen LogP contribution in [0.4, 0.5) is 0 Å². The molecule has 0 N–H and O–H groups in total.